The molecule has 3 aliphatic carbocycles. The van der Waals surface area contributed by atoms with Crippen LogP contribution in [0.4, 0.5) is 0 Å². The third-order valence-electron chi connectivity index (χ3n) is 10.8. The van der Waals surface area contributed by atoms with Gasteiger partial charge < -0.3 is 4.42 Å². The summed E-state index contributed by atoms with van der Waals surface area (Å²) in [5.74, 6) is 0.462. The second-order valence-electron chi connectivity index (χ2n) is 13.6. The Morgan fingerprint density at radius 1 is 0.596 bits per heavy atom. The molecule has 0 N–H and O–H groups in total. The molecule has 2 atom stereocenters. The van der Waals surface area contributed by atoms with Gasteiger partial charge in [0.2, 0.25) is 11.4 Å². The van der Waals surface area contributed by atoms with Crippen molar-refractivity contribution < 1.29 is 8.98 Å². The second-order valence-corrected chi connectivity index (χ2v) is 13.6. The molecule has 11 rings (SSSR count). The smallest absolute Gasteiger partial charge is 0.227 e. The molecule has 3 heterocycles. The fourth-order valence-corrected chi connectivity index (χ4v) is 8.64. The molecule has 3 aromatic heterocycles. The maximum absolute atomic E-state index is 6.51. The molecule has 0 fully saturated rings. The number of fused-ring (bicyclic) bond motifs is 4. The average molecular weight is 606 g/mol. The zero-order valence-electron chi connectivity index (χ0n) is 26.9. The molecule has 3 aliphatic rings. The molecule has 0 saturated heterocycles. The molecule has 2 bridgehead atoms. The third-order valence-corrected chi connectivity index (χ3v) is 10.8. The van der Waals surface area contributed by atoms with Crippen LogP contribution in [0.1, 0.15) is 62.0 Å². The highest BCUT2D eigenvalue weighted by atomic mass is 16.3. The van der Waals surface area contributed by atoms with E-state index in [-0.39, 0.29) is 11.8 Å². The maximum Gasteiger partial charge on any atom is 0.227 e. The van der Waals surface area contributed by atoms with E-state index in [4.69, 9.17) is 9.40 Å². The van der Waals surface area contributed by atoms with Gasteiger partial charge in [-0.1, -0.05) is 72.8 Å². The number of furan rings is 1. The van der Waals surface area contributed by atoms with Crippen LogP contribution < -0.4 is 4.57 Å². The quantitative estimate of drug-likeness (QED) is 0.184. The molecule has 0 radical (unpaired) electrons. The van der Waals surface area contributed by atoms with E-state index in [2.05, 4.69) is 141 Å². The zero-order chi connectivity index (χ0) is 31.6. The second kappa shape index (κ2) is 9.49. The summed E-state index contributed by atoms with van der Waals surface area (Å²) < 4.78 is 8.75. The van der Waals surface area contributed by atoms with E-state index in [0.717, 1.165) is 33.3 Å². The summed E-state index contributed by atoms with van der Waals surface area (Å²) in [7, 11) is 2.14. The minimum Gasteiger partial charge on any atom is -0.437 e. The van der Waals surface area contributed by atoms with Gasteiger partial charge in [-0.25, -0.2) is 9.55 Å². The molecular formula is C44H33N2O+. The SMILES string of the molecule is Cc1ccc2c(n1)oc1c(-c3cc(-c4ccc5c(c4)C4c6ccccc6C5c5cc6ccccc6cc54)c(C)c[n+]3C)c(C)ccc12. The zero-order valence-corrected chi connectivity index (χ0v) is 26.9. The summed E-state index contributed by atoms with van der Waals surface area (Å²) in [6.07, 6.45) is 2.26. The van der Waals surface area contributed by atoms with E-state index in [1.807, 2.05) is 6.92 Å². The van der Waals surface area contributed by atoms with E-state index in [0.29, 0.717) is 5.71 Å². The summed E-state index contributed by atoms with van der Waals surface area (Å²) in [5, 5.41) is 4.78. The van der Waals surface area contributed by atoms with Gasteiger partial charge in [0, 0.05) is 39.9 Å². The van der Waals surface area contributed by atoms with Crippen molar-refractivity contribution in [3.63, 3.8) is 0 Å². The topological polar surface area (TPSA) is 29.9 Å². The number of benzene rings is 5. The van der Waals surface area contributed by atoms with E-state index >= 15 is 0 Å². The fourth-order valence-electron chi connectivity index (χ4n) is 8.64. The van der Waals surface area contributed by atoms with Crippen LogP contribution in [0.15, 0.2) is 120 Å². The summed E-state index contributed by atoms with van der Waals surface area (Å²) in [6.45, 7) is 6.41. The lowest BCUT2D eigenvalue weighted by atomic mass is 9.60. The van der Waals surface area contributed by atoms with Crippen molar-refractivity contribution in [1.29, 1.82) is 0 Å². The predicted octanol–water partition coefficient (Wildman–Crippen LogP) is 10.2. The Labute approximate surface area is 273 Å². The normalized spacial score (nSPS) is 16.1. The lowest BCUT2D eigenvalue weighted by Gasteiger charge is -2.42. The van der Waals surface area contributed by atoms with Crippen molar-refractivity contribution in [3.05, 3.63) is 166 Å². The first kappa shape index (κ1) is 26.7. The first-order valence-corrected chi connectivity index (χ1v) is 16.5. The molecule has 0 saturated carbocycles. The van der Waals surface area contributed by atoms with Crippen molar-refractivity contribution in [2.24, 2.45) is 7.05 Å². The maximum atomic E-state index is 6.51. The van der Waals surface area contributed by atoms with Gasteiger partial charge in [0.1, 0.15) is 7.05 Å². The molecule has 47 heavy (non-hydrogen) atoms. The van der Waals surface area contributed by atoms with Gasteiger partial charge in [-0.05, 0) is 112 Å². The number of pyridine rings is 2. The molecule has 3 nitrogen and oxygen atoms in total. The van der Waals surface area contributed by atoms with Crippen LogP contribution in [0.25, 0.3) is 55.2 Å². The van der Waals surface area contributed by atoms with E-state index < -0.39 is 0 Å². The Morgan fingerprint density at radius 3 is 1.98 bits per heavy atom. The highest BCUT2D eigenvalue weighted by Gasteiger charge is 2.41. The third kappa shape index (κ3) is 3.68. The standard InChI is InChI=1S/C44H33N2O/c1-24-13-16-33-34-17-14-26(3)45-44(34)47-43(33)40(24)39-22-35(25(2)23-46(39)4)29-15-18-32-36(21-29)42-31-12-8-7-11-30(31)41(32)37-19-27-9-5-6-10-28(27)20-38(37)42/h5-23,41-42H,1-4H3/q+1. The lowest BCUT2D eigenvalue weighted by Crippen LogP contribution is -2.31. The Kier molecular flexibility index (Phi) is 5.38. The number of aryl methyl sites for hydroxylation is 4. The van der Waals surface area contributed by atoms with Crippen molar-refractivity contribution in [1.82, 2.24) is 4.98 Å². The van der Waals surface area contributed by atoms with Gasteiger partial charge in [0.15, 0.2) is 11.8 Å². The van der Waals surface area contributed by atoms with Crippen molar-refractivity contribution >= 4 is 32.8 Å². The van der Waals surface area contributed by atoms with Gasteiger partial charge in [0.05, 0.1) is 5.56 Å². The number of rotatable bonds is 2. The van der Waals surface area contributed by atoms with Crippen LogP contribution >= 0.6 is 0 Å². The largest absolute Gasteiger partial charge is 0.437 e. The Bertz CT molecular complexity index is 2640. The minimum atomic E-state index is 0.216. The predicted molar refractivity (Wildman–Crippen MR) is 190 cm³/mol. The van der Waals surface area contributed by atoms with Gasteiger partial charge >= 0.3 is 0 Å². The summed E-state index contributed by atoms with van der Waals surface area (Å²) in [5.41, 5.74) is 18.4. The Morgan fingerprint density at radius 2 is 1.23 bits per heavy atom. The highest BCUT2D eigenvalue weighted by Crippen LogP contribution is 2.57. The van der Waals surface area contributed by atoms with Gasteiger partial charge in [-0.2, -0.15) is 0 Å². The van der Waals surface area contributed by atoms with Crippen LogP contribution in [-0.2, 0) is 7.05 Å². The summed E-state index contributed by atoms with van der Waals surface area (Å²) in [6, 6.07) is 40.9. The van der Waals surface area contributed by atoms with Gasteiger partial charge in [-0.15, -0.1) is 0 Å². The molecule has 2 unspecified atom stereocenters. The molecule has 3 heteroatoms. The highest BCUT2D eigenvalue weighted by molar-refractivity contribution is 6.09. The number of nitrogens with zero attached hydrogens (tertiary/aromatic N) is 2. The van der Waals surface area contributed by atoms with Crippen LogP contribution in [0.3, 0.4) is 0 Å². The molecule has 0 aliphatic heterocycles. The van der Waals surface area contributed by atoms with Crippen LogP contribution in [0.5, 0.6) is 0 Å². The Hall–Kier alpha value is -5.54. The van der Waals surface area contributed by atoms with Crippen molar-refractivity contribution in [2.45, 2.75) is 32.6 Å². The average Bonchev–Trinajstić information content (AvgIpc) is 3.44. The molecular weight excluding hydrogens is 572 g/mol. The minimum absolute atomic E-state index is 0.216. The van der Waals surface area contributed by atoms with E-state index in [9.17, 15) is 0 Å². The number of hydrogen-bond donors (Lipinski definition) is 0. The van der Waals surface area contributed by atoms with Crippen LogP contribution in [0, 0.1) is 20.8 Å². The first-order chi connectivity index (χ1) is 22.9. The van der Waals surface area contributed by atoms with E-state index in [1.54, 1.807) is 0 Å². The summed E-state index contributed by atoms with van der Waals surface area (Å²) in [4.78, 5) is 4.71. The van der Waals surface area contributed by atoms with Crippen molar-refractivity contribution in [2.75, 3.05) is 0 Å². The number of hydrogen-bond acceptors (Lipinski definition) is 2. The molecule has 0 amide bonds. The van der Waals surface area contributed by atoms with Crippen molar-refractivity contribution in [3.8, 4) is 22.4 Å². The fraction of sp³-hybridized carbons (Fsp3) is 0.136. The van der Waals surface area contributed by atoms with E-state index in [1.165, 1.54) is 66.4 Å². The number of aromatic nitrogens is 2. The monoisotopic (exact) mass is 605 g/mol. The molecule has 224 valence electrons. The van der Waals surface area contributed by atoms with Gasteiger partial charge in [-0.3, -0.25) is 0 Å². The van der Waals surface area contributed by atoms with Crippen LogP contribution in [-0.4, -0.2) is 4.98 Å². The molecule has 5 aromatic carbocycles. The lowest BCUT2D eigenvalue weighted by molar-refractivity contribution is -0.660. The first-order valence-electron chi connectivity index (χ1n) is 16.5. The van der Waals surface area contributed by atoms with Gasteiger partial charge in [0.25, 0.3) is 0 Å². The summed E-state index contributed by atoms with van der Waals surface area (Å²) >= 11 is 0. The van der Waals surface area contributed by atoms with Crippen LogP contribution in [0.2, 0.25) is 0 Å². The molecule has 0 spiro atoms. The Balaban J connectivity index is 1.17. The molecule has 8 aromatic rings.